The molecule has 1 saturated heterocycles. The minimum absolute atomic E-state index is 0.139. The number of aromatic nitrogens is 2. The highest BCUT2D eigenvalue weighted by Crippen LogP contribution is 2.32. The Morgan fingerprint density at radius 3 is 2.77 bits per heavy atom. The van der Waals surface area contributed by atoms with Gasteiger partial charge in [0, 0.05) is 38.7 Å². The lowest BCUT2D eigenvalue weighted by atomic mass is 10.1. The van der Waals surface area contributed by atoms with Gasteiger partial charge in [0.1, 0.15) is 5.82 Å². The van der Waals surface area contributed by atoms with Gasteiger partial charge in [0.05, 0.1) is 31.0 Å². The maximum atomic E-state index is 14.2. The van der Waals surface area contributed by atoms with Gasteiger partial charge in [0.25, 0.3) is 0 Å². The molecule has 2 aromatic rings. The van der Waals surface area contributed by atoms with Crippen LogP contribution in [0.15, 0.2) is 18.2 Å². The Labute approximate surface area is 172 Å². The molecule has 160 valence electrons. The molecule has 10 heteroatoms. The number of anilines is 1. The van der Waals surface area contributed by atoms with Crippen LogP contribution in [0.2, 0.25) is 0 Å². The second-order valence-corrected chi connectivity index (χ2v) is 7.04. The van der Waals surface area contributed by atoms with Gasteiger partial charge in [-0.3, -0.25) is 0 Å². The van der Waals surface area contributed by atoms with Gasteiger partial charge in [0.15, 0.2) is 11.6 Å². The van der Waals surface area contributed by atoms with Crippen molar-refractivity contribution in [3.63, 3.8) is 0 Å². The van der Waals surface area contributed by atoms with Crippen LogP contribution < -0.4 is 15.0 Å². The Bertz CT molecular complexity index is 937. The minimum atomic E-state index is -0.827. The summed E-state index contributed by atoms with van der Waals surface area (Å²) in [5, 5.41) is 2.78. The molecule has 0 unspecified atom stereocenters. The molecule has 2 amide bonds. The molecule has 1 aromatic heterocycles. The molecule has 0 saturated carbocycles. The van der Waals surface area contributed by atoms with E-state index in [1.807, 2.05) is 11.8 Å². The van der Waals surface area contributed by atoms with Crippen LogP contribution in [0.1, 0.15) is 18.2 Å². The van der Waals surface area contributed by atoms with Gasteiger partial charge < -0.3 is 24.6 Å². The molecule has 0 radical (unpaired) electrons. The molecule has 1 aromatic carbocycles. The highest BCUT2D eigenvalue weighted by atomic mass is 19.1. The summed E-state index contributed by atoms with van der Waals surface area (Å²) in [5.74, 6) is -1.02. The number of rotatable bonds is 4. The third-order valence-electron chi connectivity index (χ3n) is 5.02. The second kappa shape index (κ2) is 8.78. The van der Waals surface area contributed by atoms with E-state index in [1.165, 1.54) is 6.07 Å². The average Bonchev–Trinajstić information content (AvgIpc) is 2.76. The predicted molar refractivity (Wildman–Crippen MR) is 105 cm³/mol. The first-order chi connectivity index (χ1) is 14.5. The standard InChI is InChI=1S/C20H23F2N5O3/c1-2-23-20(28)27-6-5-16-14(12-27)18(30-17-4-3-13(21)11-15(17)22)25-19(24-16)26-7-9-29-10-8-26/h3-4,11H,2,5-10,12H2,1H3,(H,23,28). The first kappa shape index (κ1) is 20.3. The van der Waals surface area contributed by atoms with Crippen molar-refractivity contribution < 1.29 is 23.0 Å². The predicted octanol–water partition coefficient (Wildman–Crippen LogP) is 2.47. The number of amides is 2. The van der Waals surface area contributed by atoms with Gasteiger partial charge in [0.2, 0.25) is 11.8 Å². The fourth-order valence-electron chi connectivity index (χ4n) is 3.46. The van der Waals surface area contributed by atoms with E-state index in [2.05, 4.69) is 15.3 Å². The Kier molecular flexibility index (Phi) is 5.93. The number of nitrogens with zero attached hydrogens (tertiary/aromatic N) is 4. The van der Waals surface area contributed by atoms with Gasteiger partial charge in [-0.15, -0.1) is 0 Å². The summed E-state index contributed by atoms with van der Waals surface area (Å²) < 4.78 is 38.7. The van der Waals surface area contributed by atoms with Crippen molar-refractivity contribution in [2.45, 2.75) is 19.9 Å². The largest absolute Gasteiger partial charge is 0.435 e. The van der Waals surface area contributed by atoms with Crippen molar-refractivity contribution in [2.24, 2.45) is 0 Å². The smallest absolute Gasteiger partial charge is 0.317 e. The van der Waals surface area contributed by atoms with Crippen LogP contribution in [-0.4, -0.2) is 60.3 Å². The molecular weight excluding hydrogens is 396 g/mol. The third-order valence-corrected chi connectivity index (χ3v) is 5.02. The van der Waals surface area contributed by atoms with Crippen molar-refractivity contribution in [1.82, 2.24) is 20.2 Å². The van der Waals surface area contributed by atoms with E-state index in [9.17, 15) is 13.6 Å². The summed E-state index contributed by atoms with van der Waals surface area (Å²) in [6.45, 7) is 5.49. The molecule has 30 heavy (non-hydrogen) atoms. The fraction of sp³-hybridized carbons (Fsp3) is 0.450. The molecule has 0 atom stereocenters. The highest BCUT2D eigenvalue weighted by molar-refractivity contribution is 5.74. The van der Waals surface area contributed by atoms with Crippen molar-refractivity contribution in [1.29, 1.82) is 0 Å². The number of morpholine rings is 1. The maximum absolute atomic E-state index is 14.2. The van der Waals surface area contributed by atoms with Crippen molar-refractivity contribution >= 4 is 12.0 Å². The normalized spacial score (nSPS) is 16.2. The summed E-state index contributed by atoms with van der Waals surface area (Å²) in [6, 6.07) is 2.90. The number of carbonyl (C=O) groups is 1. The zero-order valence-corrected chi connectivity index (χ0v) is 16.7. The zero-order valence-electron chi connectivity index (χ0n) is 16.7. The molecule has 4 rings (SSSR count). The first-order valence-electron chi connectivity index (χ1n) is 9.93. The van der Waals surface area contributed by atoms with Gasteiger partial charge in [-0.05, 0) is 19.1 Å². The van der Waals surface area contributed by atoms with Crippen LogP contribution in [0, 0.1) is 11.6 Å². The topological polar surface area (TPSA) is 79.8 Å². The van der Waals surface area contributed by atoms with Crippen LogP contribution in [0.4, 0.5) is 19.5 Å². The van der Waals surface area contributed by atoms with Crippen LogP contribution in [0.25, 0.3) is 0 Å². The lowest BCUT2D eigenvalue weighted by Crippen LogP contribution is -2.43. The van der Waals surface area contributed by atoms with Crippen LogP contribution in [0.5, 0.6) is 11.6 Å². The van der Waals surface area contributed by atoms with E-state index >= 15 is 0 Å². The Morgan fingerprint density at radius 1 is 1.23 bits per heavy atom. The summed E-state index contributed by atoms with van der Waals surface area (Å²) >= 11 is 0. The van der Waals surface area contributed by atoms with E-state index in [0.717, 1.165) is 17.8 Å². The molecule has 8 nitrogen and oxygen atoms in total. The van der Waals surface area contributed by atoms with Gasteiger partial charge in [-0.2, -0.15) is 4.98 Å². The summed E-state index contributed by atoms with van der Waals surface area (Å²) in [4.78, 5) is 25.1. The molecule has 2 aliphatic rings. The fourth-order valence-corrected chi connectivity index (χ4v) is 3.46. The van der Waals surface area contributed by atoms with E-state index in [4.69, 9.17) is 9.47 Å². The molecule has 1 fully saturated rings. The van der Waals surface area contributed by atoms with Crippen molar-refractivity contribution in [3.8, 4) is 11.6 Å². The van der Waals surface area contributed by atoms with Crippen molar-refractivity contribution in [3.05, 3.63) is 41.1 Å². The molecule has 0 bridgehead atoms. The SMILES string of the molecule is CCNC(=O)N1CCc2nc(N3CCOCC3)nc(Oc3ccc(F)cc3F)c2C1. The van der Waals surface area contributed by atoms with E-state index < -0.39 is 11.6 Å². The van der Waals surface area contributed by atoms with Crippen LogP contribution >= 0.6 is 0 Å². The molecule has 1 N–H and O–H groups in total. The third kappa shape index (κ3) is 4.28. The number of halogens is 2. The lowest BCUT2D eigenvalue weighted by molar-refractivity contribution is 0.122. The summed E-state index contributed by atoms with van der Waals surface area (Å²) in [5.41, 5.74) is 1.37. The van der Waals surface area contributed by atoms with Gasteiger partial charge in [-0.25, -0.2) is 18.6 Å². The first-order valence-corrected chi connectivity index (χ1v) is 9.93. The molecule has 0 spiro atoms. The van der Waals surface area contributed by atoms with Crippen molar-refractivity contribution in [2.75, 3.05) is 44.3 Å². The number of benzene rings is 1. The second-order valence-electron chi connectivity index (χ2n) is 7.04. The number of fused-ring (bicyclic) bond motifs is 1. The number of carbonyl (C=O) groups excluding carboxylic acids is 1. The molecule has 3 heterocycles. The summed E-state index contributed by atoms with van der Waals surface area (Å²) in [6.07, 6.45) is 0.522. The quantitative estimate of drug-likeness (QED) is 0.820. The maximum Gasteiger partial charge on any atom is 0.317 e. The van der Waals surface area contributed by atoms with Crippen LogP contribution in [0.3, 0.4) is 0 Å². The molecule has 2 aliphatic heterocycles. The van der Waals surface area contributed by atoms with E-state index in [0.29, 0.717) is 57.3 Å². The monoisotopic (exact) mass is 419 g/mol. The number of hydrogen-bond donors (Lipinski definition) is 1. The number of nitrogens with one attached hydrogen (secondary N) is 1. The van der Waals surface area contributed by atoms with Crippen LogP contribution in [-0.2, 0) is 17.7 Å². The Morgan fingerprint density at radius 2 is 2.03 bits per heavy atom. The number of urea groups is 1. The zero-order chi connectivity index (χ0) is 21.1. The summed E-state index contributed by atoms with van der Waals surface area (Å²) in [7, 11) is 0. The number of hydrogen-bond acceptors (Lipinski definition) is 6. The Balaban J connectivity index is 1.70. The average molecular weight is 419 g/mol. The Hall–Kier alpha value is -3.01. The minimum Gasteiger partial charge on any atom is -0.435 e. The number of ether oxygens (including phenoxy) is 2. The van der Waals surface area contributed by atoms with E-state index in [-0.39, 0.29) is 24.2 Å². The molecule has 0 aliphatic carbocycles. The van der Waals surface area contributed by atoms with E-state index in [1.54, 1.807) is 4.90 Å². The molecular formula is C20H23F2N5O3. The van der Waals surface area contributed by atoms with Gasteiger partial charge in [-0.1, -0.05) is 0 Å². The highest BCUT2D eigenvalue weighted by Gasteiger charge is 2.28. The van der Waals surface area contributed by atoms with Gasteiger partial charge >= 0.3 is 6.03 Å². The lowest BCUT2D eigenvalue weighted by Gasteiger charge is -2.31.